The fourth-order valence-corrected chi connectivity index (χ4v) is 3.15. The van der Waals surface area contributed by atoms with Crippen LogP contribution in [0.2, 0.25) is 0 Å². The Balaban J connectivity index is 1.46. The number of amides is 1. The Kier molecular flexibility index (Phi) is 4.91. The lowest BCUT2D eigenvalue weighted by atomic mass is 10.0. The van der Waals surface area contributed by atoms with E-state index in [0.29, 0.717) is 24.5 Å². The van der Waals surface area contributed by atoms with Crippen molar-refractivity contribution in [3.63, 3.8) is 0 Å². The van der Waals surface area contributed by atoms with Gasteiger partial charge in [0.05, 0.1) is 6.10 Å². The number of rotatable bonds is 7. The zero-order chi connectivity index (χ0) is 14.5. The summed E-state index contributed by atoms with van der Waals surface area (Å²) in [6.45, 7) is 0.866. The fraction of sp³-hybridized carbons (Fsp3) is 0.611. The maximum Gasteiger partial charge on any atom is 0.220 e. The van der Waals surface area contributed by atoms with Crippen LogP contribution >= 0.6 is 0 Å². The molecule has 2 fully saturated rings. The molecule has 3 heteroatoms. The zero-order valence-electron chi connectivity index (χ0n) is 12.6. The smallest absolute Gasteiger partial charge is 0.220 e. The molecule has 2 aliphatic rings. The van der Waals surface area contributed by atoms with Gasteiger partial charge in [0.15, 0.2) is 0 Å². The number of nitrogens with one attached hydrogen (secondary N) is 1. The molecule has 3 rings (SSSR count). The minimum absolute atomic E-state index is 0.193. The van der Waals surface area contributed by atoms with Crippen LogP contribution in [0, 0.1) is 5.92 Å². The van der Waals surface area contributed by atoms with Crippen molar-refractivity contribution in [2.24, 2.45) is 5.92 Å². The summed E-state index contributed by atoms with van der Waals surface area (Å²) in [4.78, 5) is 12.2. The lowest BCUT2D eigenvalue weighted by Crippen LogP contribution is -2.38. The molecule has 1 heterocycles. The number of hydrogen-bond acceptors (Lipinski definition) is 2. The monoisotopic (exact) mass is 287 g/mol. The molecule has 0 aromatic heterocycles. The molecule has 3 nitrogen and oxygen atoms in total. The number of hydrogen-bond donors (Lipinski definition) is 1. The first-order valence-corrected chi connectivity index (χ1v) is 8.26. The number of benzene rings is 1. The van der Waals surface area contributed by atoms with Crippen LogP contribution in [0.15, 0.2) is 30.3 Å². The normalized spacial score (nSPS) is 23.0. The van der Waals surface area contributed by atoms with Crippen molar-refractivity contribution in [1.82, 2.24) is 5.32 Å². The Morgan fingerprint density at radius 3 is 2.71 bits per heavy atom. The summed E-state index contributed by atoms with van der Waals surface area (Å²) in [5, 5.41) is 3.26. The summed E-state index contributed by atoms with van der Waals surface area (Å²) >= 11 is 0. The molecule has 1 aliphatic carbocycles. The SMILES string of the molecule is O=C(CC[C@@H]1CCCO1)N[C@H](Cc1ccccc1)C1CC1. The summed E-state index contributed by atoms with van der Waals surface area (Å²) in [6.07, 6.45) is 7.50. The second-order valence-electron chi connectivity index (χ2n) is 6.37. The molecule has 2 atom stereocenters. The van der Waals surface area contributed by atoms with Crippen LogP contribution in [0.4, 0.5) is 0 Å². The molecule has 0 spiro atoms. The first-order chi connectivity index (χ1) is 10.3. The maximum atomic E-state index is 12.2. The zero-order valence-corrected chi connectivity index (χ0v) is 12.6. The molecule has 0 unspecified atom stereocenters. The second-order valence-corrected chi connectivity index (χ2v) is 6.37. The van der Waals surface area contributed by atoms with Crippen LogP contribution in [0.3, 0.4) is 0 Å². The maximum absolute atomic E-state index is 12.2. The molecule has 1 aromatic carbocycles. The van der Waals surface area contributed by atoms with Crippen LogP contribution in [0.5, 0.6) is 0 Å². The highest BCUT2D eigenvalue weighted by Gasteiger charge is 2.32. The Morgan fingerprint density at radius 2 is 2.05 bits per heavy atom. The molecular weight excluding hydrogens is 262 g/mol. The predicted octanol–water partition coefficient (Wildman–Crippen LogP) is 3.08. The van der Waals surface area contributed by atoms with E-state index in [9.17, 15) is 4.79 Å². The molecule has 1 saturated heterocycles. The third-order valence-corrected chi connectivity index (χ3v) is 4.55. The van der Waals surface area contributed by atoms with Crippen molar-refractivity contribution in [1.29, 1.82) is 0 Å². The van der Waals surface area contributed by atoms with Gasteiger partial charge in [0.2, 0.25) is 5.91 Å². The highest BCUT2D eigenvalue weighted by atomic mass is 16.5. The van der Waals surface area contributed by atoms with E-state index in [4.69, 9.17) is 4.74 Å². The van der Waals surface area contributed by atoms with Gasteiger partial charge in [-0.3, -0.25) is 4.79 Å². The fourth-order valence-electron chi connectivity index (χ4n) is 3.15. The average molecular weight is 287 g/mol. The van der Waals surface area contributed by atoms with E-state index in [1.807, 2.05) is 6.07 Å². The predicted molar refractivity (Wildman–Crippen MR) is 83.0 cm³/mol. The van der Waals surface area contributed by atoms with Crippen molar-refractivity contribution in [2.45, 2.75) is 57.1 Å². The molecular formula is C18H25NO2. The highest BCUT2D eigenvalue weighted by molar-refractivity contribution is 5.76. The standard InChI is InChI=1S/C18H25NO2/c20-18(11-10-16-7-4-12-21-16)19-17(15-8-9-15)13-14-5-2-1-3-6-14/h1-3,5-6,15-17H,4,7-13H2,(H,19,20)/t16-,17+/m0/s1. The third kappa shape index (κ3) is 4.57. The van der Waals surface area contributed by atoms with Crippen molar-refractivity contribution >= 4 is 5.91 Å². The van der Waals surface area contributed by atoms with Crippen LogP contribution in [0.25, 0.3) is 0 Å². The minimum Gasteiger partial charge on any atom is -0.378 e. The van der Waals surface area contributed by atoms with E-state index in [0.717, 1.165) is 32.3 Å². The quantitative estimate of drug-likeness (QED) is 0.837. The van der Waals surface area contributed by atoms with Gasteiger partial charge in [-0.2, -0.15) is 0 Å². The van der Waals surface area contributed by atoms with Gasteiger partial charge >= 0.3 is 0 Å². The molecule has 1 aliphatic heterocycles. The molecule has 114 valence electrons. The van der Waals surface area contributed by atoms with Gasteiger partial charge in [-0.05, 0) is 50.0 Å². The van der Waals surface area contributed by atoms with Crippen molar-refractivity contribution in [3.05, 3.63) is 35.9 Å². The summed E-state index contributed by atoms with van der Waals surface area (Å²) in [6, 6.07) is 10.8. The van der Waals surface area contributed by atoms with Gasteiger partial charge in [0, 0.05) is 19.1 Å². The largest absolute Gasteiger partial charge is 0.378 e. The molecule has 1 N–H and O–H groups in total. The summed E-state index contributed by atoms with van der Waals surface area (Å²) < 4.78 is 5.58. The van der Waals surface area contributed by atoms with Gasteiger partial charge < -0.3 is 10.1 Å². The van der Waals surface area contributed by atoms with Crippen LogP contribution in [-0.2, 0) is 16.0 Å². The summed E-state index contributed by atoms with van der Waals surface area (Å²) in [7, 11) is 0. The van der Waals surface area contributed by atoms with Gasteiger partial charge in [-0.15, -0.1) is 0 Å². The second kappa shape index (κ2) is 7.08. The molecule has 0 radical (unpaired) electrons. The summed E-state index contributed by atoms with van der Waals surface area (Å²) in [5.74, 6) is 0.871. The number of ether oxygens (including phenoxy) is 1. The molecule has 1 aromatic rings. The van der Waals surface area contributed by atoms with Crippen LogP contribution in [-0.4, -0.2) is 24.7 Å². The van der Waals surface area contributed by atoms with E-state index < -0.39 is 0 Å². The van der Waals surface area contributed by atoms with Crippen LogP contribution < -0.4 is 5.32 Å². The van der Waals surface area contributed by atoms with E-state index in [2.05, 4.69) is 29.6 Å². The molecule has 1 amide bonds. The van der Waals surface area contributed by atoms with E-state index >= 15 is 0 Å². The summed E-state index contributed by atoms with van der Waals surface area (Å²) in [5.41, 5.74) is 1.31. The van der Waals surface area contributed by atoms with E-state index in [1.165, 1.54) is 18.4 Å². The molecule has 21 heavy (non-hydrogen) atoms. The topological polar surface area (TPSA) is 38.3 Å². The van der Waals surface area contributed by atoms with Crippen molar-refractivity contribution < 1.29 is 9.53 Å². The lowest BCUT2D eigenvalue weighted by Gasteiger charge is -2.19. The van der Waals surface area contributed by atoms with Crippen molar-refractivity contribution in [2.75, 3.05) is 6.61 Å². The van der Waals surface area contributed by atoms with E-state index in [1.54, 1.807) is 0 Å². The Morgan fingerprint density at radius 1 is 1.24 bits per heavy atom. The average Bonchev–Trinajstić information content (AvgIpc) is 3.22. The molecule has 1 saturated carbocycles. The lowest BCUT2D eigenvalue weighted by molar-refractivity contribution is -0.122. The van der Waals surface area contributed by atoms with Crippen molar-refractivity contribution in [3.8, 4) is 0 Å². The minimum atomic E-state index is 0.193. The third-order valence-electron chi connectivity index (χ3n) is 4.55. The first kappa shape index (κ1) is 14.6. The first-order valence-electron chi connectivity index (χ1n) is 8.26. The van der Waals surface area contributed by atoms with E-state index in [-0.39, 0.29) is 5.91 Å². The van der Waals surface area contributed by atoms with Crippen LogP contribution in [0.1, 0.15) is 44.1 Å². The molecule has 0 bridgehead atoms. The Labute approximate surface area is 127 Å². The van der Waals surface area contributed by atoms with Gasteiger partial charge in [0.25, 0.3) is 0 Å². The van der Waals surface area contributed by atoms with Gasteiger partial charge in [-0.25, -0.2) is 0 Å². The van der Waals surface area contributed by atoms with Gasteiger partial charge in [0.1, 0.15) is 0 Å². The Hall–Kier alpha value is -1.35. The van der Waals surface area contributed by atoms with Gasteiger partial charge in [-0.1, -0.05) is 30.3 Å². The number of carbonyl (C=O) groups is 1. The Bertz CT molecular complexity index is 450. The number of carbonyl (C=O) groups excluding carboxylic acids is 1. The highest BCUT2D eigenvalue weighted by Crippen LogP contribution is 2.34.